The zero-order valence-corrected chi connectivity index (χ0v) is 17.5. The molecule has 0 saturated heterocycles. The zero-order chi connectivity index (χ0) is 20.1. The van der Waals surface area contributed by atoms with Gasteiger partial charge in [-0.2, -0.15) is 10.3 Å². The van der Waals surface area contributed by atoms with Crippen molar-refractivity contribution in [3.05, 3.63) is 57.9 Å². The maximum absolute atomic E-state index is 12.6. The molecule has 7 nitrogen and oxygen atoms in total. The number of carbonyl (C=O) groups excluding carboxylic acids is 1. The summed E-state index contributed by atoms with van der Waals surface area (Å²) in [5, 5.41) is 15.0. The summed E-state index contributed by atoms with van der Waals surface area (Å²) in [6.07, 6.45) is 5.06. The number of aliphatic imine (C=N–C) groups is 1. The predicted octanol–water partition coefficient (Wildman–Crippen LogP) is 3.11. The van der Waals surface area contributed by atoms with Crippen molar-refractivity contribution in [2.45, 2.75) is 26.4 Å². The topological polar surface area (TPSA) is 116 Å². The number of pyridine rings is 1. The van der Waals surface area contributed by atoms with Crippen LogP contribution in [-0.2, 0) is 0 Å². The van der Waals surface area contributed by atoms with Gasteiger partial charge in [0.2, 0.25) is 6.19 Å². The van der Waals surface area contributed by atoms with Crippen LogP contribution >= 0.6 is 22.6 Å². The maximum atomic E-state index is 12.6. The second kappa shape index (κ2) is 8.45. The molecule has 1 aromatic heterocycles. The number of amidine groups is 1. The second-order valence-corrected chi connectivity index (χ2v) is 7.96. The first-order valence-electron chi connectivity index (χ1n) is 8.18. The molecule has 0 aliphatic heterocycles. The number of benzene rings is 1. The fraction of sp³-hybridized carbons (Fsp3) is 0.263. The Hall–Kier alpha value is -2.51. The van der Waals surface area contributed by atoms with Crippen LogP contribution in [0, 0.1) is 20.4 Å². The highest BCUT2D eigenvalue weighted by Gasteiger charge is 2.43. The maximum Gasteiger partial charge on any atom is 0.256 e. The van der Waals surface area contributed by atoms with E-state index in [1.54, 1.807) is 57.6 Å². The number of nitrogens with zero attached hydrogens (tertiary/aromatic N) is 3. The smallest absolute Gasteiger partial charge is 0.256 e. The molecule has 8 heteroatoms. The summed E-state index contributed by atoms with van der Waals surface area (Å²) in [6.45, 7) is 5.38. The number of nitrogens with one attached hydrogen (secondary N) is 2. The number of nitrogens with two attached hydrogens (primary N) is 1. The van der Waals surface area contributed by atoms with Crippen molar-refractivity contribution in [1.29, 1.82) is 5.26 Å². The average Bonchev–Trinajstić information content (AvgIpc) is 2.62. The van der Waals surface area contributed by atoms with Gasteiger partial charge in [-0.15, -0.1) is 0 Å². The van der Waals surface area contributed by atoms with Crippen molar-refractivity contribution in [3.63, 3.8) is 0 Å². The van der Waals surface area contributed by atoms with Crippen LogP contribution in [0.3, 0.4) is 0 Å². The lowest BCUT2D eigenvalue weighted by atomic mass is 9.78. The van der Waals surface area contributed by atoms with E-state index in [-0.39, 0.29) is 11.7 Å². The van der Waals surface area contributed by atoms with Gasteiger partial charge in [-0.25, -0.2) is 0 Å². The fourth-order valence-electron chi connectivity index (χ4n) is 2.29. The third kappa shape index (κ3) is 5.02. The van der Waals surface area contributed by atoms with Gasteiger partial charge in [-0.1, -0.05) is 0 Å². The van der Waals surface area contributed by atoms with E-state index in [0.29, 0.717) is 5.56 Å². The van der Waals surface area contributed by atoms with Gasteiger partial charge in [-0.3, -0.25) is 9.78 Å². The minimum Gasteiger partial charge on any atom is -0.366 e. The van der Waals surface area contributed by atoms with Gasteiger partial charge >= 0.3 is 0 Å². The molecule has 0 saturated carbocycles. The molecule has 140 valence electrons. The number of aromatic nitrogens is 1. The van der Waals surface area contributed by atoms with Crippen LogP contribution in [0.4, 0.5) is 5.69 Å². The van der Waals surface area contributed by atoms with Gasteiger partial charge < -0.3 is 16.4 Å². The standard InChI is InChI=1S/C19H21IN6O/c1-18(2,19(3,22)26-15-5-4-10-23-11-15)17(24-12-21)25-16(27)13-6-8-14(20)9-7-13/h4-11,26H,22H2,1-3H3,(H,24,25,27). The lowest BCUT2D eigenvalue weighted by Gasteiger charge is -2.42. The average molecular weight is 476 g/mol. The molecule has 0 fully saturated rings. The molecule has 27 heavy (non-hydrogen) atoms. The van der Waals surface area contributed by atoms with Crippen LogP contribution in [0.2, 0.25) is 0 Å². The molecule has 1 heterocycles. The Labute approximate surface area is 172 Å². The summed E-state index contributed by atoms with van der Waals surface area (Å²) < 4.78 is 1.02. The van der Waals surface area contributed by atoms with Crippen LogP contribution in [-0.4, -0.2) is 22.4 Å². The summed E-state index contributed by atoms with van der Waals surface area (Å²) in [7, 11) is 0. The predicted molar refractivity (Wildman–Crippen MR) is 114 cm³/mol. The van der Waals surface area contributed by atoms with Crippen LogP contribution in [0.1, 0.15) is 31.1 Å². The van der Waals surface area contributed by atoms with Crippen molar-refractivity contribution in [2.24, 2.45) is 16.1 Å². The monoisotopic (exact) mass is 476 g/mol. The minimum atomic E-state index is -1.04. The van der Waals surface area contributed by atoms with Crippen molar-refractivity contribution in [2.75, 3.05) is 5.32 Å². The number of rotatable bonds is 5. The quantitative estimate of drug-likeness (QED) is 0.202. The largest absolute Gasteiger partial charge is 0.366 e. The van der Waals surface area contributed by atoms with Crippen LogP contribution in [0.15, 0.2) is 53.8 Å². The third-order valence-electron chi connectivity index (χ3n) is 4.46. The third-order valence-corrected chi connectivity index (χ3v) is 5.18. The first kappa shape index (κ1) is 20.8. The molecule has 2 rings (SSSR count). The highest BCUT2D eigenvalue weighted by Crippen LogP contribution is 2.31. The number of nitriles is 1. The molecule has 1 atom stereocenters. The van der Waals surface area contributed by atoms with Gasteiger partial charge in [0.05, 0.1) is 16.8 Å². The number of amides is 1. The number of halogens is 1. The van der Waals surface area contributed by atoms with Crippen molar-refractivity contribution >= 4 is 40.0 Å². The van der Waals surface area contributed by atoms with Gasteiger partial charge in [0.25, 0.3) is 5.91 Å². The van der Waals surface area contributed by atoms with Gasteiger partial charge in [-0.05, 0) is 79.8 Å². The van der Waals surface area contributed by atoms with E-state index >= 15 is 0 Å². The van der Waals surface area contributed by atoms with E-state index in [1.807, 2.05) is 18.2 Å². The van der Waals surface area contributed by atoms with E-state index in [0.717, 1.165) is 9.26 Å². The Morgan fingerprint density at radius 3 is 2.48 bits per heavy atom. The first-order chi connectivity index (χ1) is 12.7. The number of carbonyl (C=O) groups is 1. The van der Waals surface area contributed by atoms with E-state index < -0.39 is 11.1 Å². The Kier molecular flexibility index (Phi) is 6.51. The van der Waals surface area contributed by atoms with E-state index in [9.17, 15) is 4.79 Å². The molecule has 1 unspecified atom stereocenters. The number of anilines is 1. The molecule has 1 aromatic carbocycles. The lowest BCUT2D eigenvalue weighted by Crippen LogP contribution is -2.62. The van der Waals surface area contributed by atoms with Crippen LogP contribution in [0.25, 0.3) is 0 Å². The summed E-state index contributed by atoms with van der Waals surface area (Å²) in [4.78, 5) is 20.5. The Morgan fingerprint density at radius 2 is 1.93 bits per heavy atom. The van der Waals surface area contributed by atoms with Crippen molar-refractivity contribution in [3.8, 4) is 6.19 Å². The SMILES string of the molecule is CC(N)(Nc1cccnc1)C(C)(C)C(=NC#N)NC(=O)c1ccc(I)cc1. The van der Waals surface area contributed by atoms with Gasteiger partial charge in [0, 0.05) is 21.5 Å². The Bertz CT molecular complexity index is 869. The summed E-state index contributed by atoms with van der Waals surface area (Å²) in [5.74, 6) is -0.180. The van der Waals surface area contributed by atoms with Crippen LogP contribution < -0.4 is 16.4 Å². The molecule has 0 radical (unpaired) electrons. The highest BCUT2D eigenvalue weighted by atomic mass is 127. The van der Waals surface area contributed by atoms with Crippen LogP contribution in [0.5, 0.6) is 0 Å². The first-order valence-corrected chi connectivity index (χ1v) is 9.26. The fourth-order valence-corrected chi connectivity index (χ4v) is 2.65. The molecule has 1 amide bonds. The normalized spacial score (nSPS) is 14.0. The summed E-state index contributed by atoms with van der Waals surface area (Å²) in [6, 6.07) is 10.7. The molecule has 0 aliphatic rings. The van der Waals surface area contributed by atoms with E-state index in [4.69, 9.17) is 11.0 Å². The summed E-state index contributed by atoms with van der Waals surface area (Å²) >= 11 is 2.16. The minimum absolute atomic E-state index is 0.176. The molecule has 4 N–H and O–H groups in total. The highest BCUT2D eigenvalue weighted by molar-refractivity contribution is 14.1. The number of hydrogen-bond acceptors (Lipinski definition) is 6. The molecule has 0 spiro atoms. The molecule has 2 aromatic rings. The molecule has 0 aliphatic carbocycles. The summed E-state index contributed by atoms with van der Waals surface area (Å²) in [5.41, 5.74) is 5.77. The van der Waals surface area contributed by atoms with Gasteiger partial charge in [0.15, 0.2) is 0 Å². The van der Waals surface area contributed by atoms with Crippen molar-refractivity contribution in [1.82, 2.24) is 10.3 Å². The molecule has 0 bridgehead atoms. The molecular weight excluding hydrogens is 455 g/mol. The van der Waals surface area contributed by atoms with Gasteiger partial charge in [0.1, 0.15) is 5.84 Å². The lowest BCUT2D eigenvalue weighted by molar-refractivity contribution is 0.0971. The van der Waals surface area contributed by atoms with E-state index in [1.165, 1.54) is 0 Å². The molecular formula is C19H21IN6O. The Balaban J connectivity index is 2.27. The second-order valence-electron chi connectivity index (χ2n) is 6.72. The Morgan fingerprint density at radius 1 is 1.26 bits per heavy atom. The zero-order valence-electron chi connectivity index (χ0n) is 15.3. The van der Waals surface area contributed by atoms with E-state index in [2.05, 4.69) is 43.2 Å². The van der Waals surface area contributed by atoms with Crippen molar-refractivity contribution < 1.29 is 4.79 Å². The number of hydrogen-bond donors (Lipinski definition) is 3.